The van der Waals surface area contributed by atoms with E-state index in [4.69, 9.17) is 9.47 Å². The van der Waals surface area contributed by atoms with Crippen LogP contribution in [0.3, 0.4) is 0 Å². The van der Waals surface area contributed by atoms with E-state index in [9.17, 15) is 9.59 Å². The Kier molecular flexibility index (Phi) is 5.71. The SMILES string of the molecule is CCOC(=O)N1C[C@](C)(Br)[C@@](C)(Br)CN1C(=O)OCC. The molecule has 2 amide bonds. The molecular formula is C12H20Br2N2O4. The van der Waals surface area contributed by atoms with Gasteiger partial charge in [0.05, 0.1) is 35.0 Å². The van der Waals surface area contributed by atoms with Crippen molar-refractivity contribution in [1.29, 1.82) is 0 Å². The Hall–Kier alpha value is -0.500. The van der Waals surface area contributed by atoms with Crippen LogP contribution in [0.1, 0.15) is 27.7 Å². The highest BCUT2D eigenvalue weighted by molar-refractivity contribution is 9.13. The summed E-state index contributed by atoms with van der Waals surface area (Å²) in [6.45, 7) is 8.41. The first-order chi connectivity index (χ1) is 9.16. The third-order valence-corrected chi connectivity index (χ3v) is 6.01. The third-order valence-electron chi connectivity index (χ3n) is 3.23. The number of carbonyl (C=O) groups excluding carboxylic acids is 2. The van der Waals surface area contributed by atoms with Gasteiger partial charge in [0.2, 0.25) is 0 Å². The van der Waals surface area contributed by atoms with E-state index in [1.807, 2.05) is 13.8 Å². The Balaban J connectivity index is 3.02. The second-order valence-corrected chi connectivity index (χ2v) is 8.41. The molecule has 2 atom stereocenters. The van der Waals surface area contributed by atoms with Gasteiger partial charge in [-0.2, -0.15) is 0 Å². The molecule has 1 aliphatic rings. The molecule has 20 heavy (non-hydrogen) atoms. The zero-order valence-corrected chi connectivity index (χ0v) is 15.3. The van der Waals surface area contributed by atoms with Gasteiger partial charge in [-0.05, 0) is 27.7 Å². The second kappa shape index (κ2) is 6.51. The van der Waals surface area contributed by atoms with Crippen LogP contribution in [0, 0.1) is 0 Å². The van der Waals surface area contributed by atoms with Gasteiger partial charge in [0.15, 0.2) is 0 Å². The average Bonchev–Trinajstić information content (AvgIpc) is 2.32. The van der Waals surface area contributed by atoms with E-state index in [-0.39, 0.29) is 26.3 Å². The van der Waals surface area contributed by atoms with Gasteiger partial charge < -0.3 is 9.47 Å². The summed E-state index contributed by atoms with van der Waals surface area (Å²) in [6.07, 6.45) is -1.12. The highest BCUT2D eigenvalue weighted by atomic mass is 79.9. The van der Waals surface area contributed by atoms with Crippen LogP contribution in [-0.4, -0.2) is 57.2 Å². The molecule has 1 aliphatic heterocycles. The van der Waals surface area contributed by atoms with Crippen molar-refractivity contribution in [3.63, 3.8) is 0 Å². The van der Waals surface area contributed by atoms with Crippen LogP contribution in [0.15, 0.2) is 0 Å². The number of halogens is 2. The van der Waals surface area contributed by atoms with Crippen LogP contribution in [0.4, 0.5) is 9.59 Å². The molecular weight excluding hydrogens is 396 g/mol. The van der Waals surface area contributed by atoms with Crippen molar-refractivity contribution in [2.45, 2.75) is 36.3 Å². The zero-order chi connectivity index (χ0) is 15.6. The number of hydrogen-bond acceptors (Lipinski definition) is 4. The number of nitrogens with zero attached hydrogens (tertiary/aromatic N) is 2. The minimum absolute atomic E-state index is 0.247. The summed E-state index contributed by atoms with van der Waals surface area (Å²) in [5, 5.41) is 2.55. The Bertz CT molecular complexity index is 352. The van der Waals surface area contributed by atoms with Gasteiger partial charge in [0, 0.05) is 0 Å². The topological polar surface area (TPSA) is 59.1 Å². The normalized spacial score (nSPS) is 30.1. The first kappa shape index (κ1) is 17.6. The highest BCUT2D eigenvalue weighted by Gasteiger charge is 2.52. The fourth-order valence-corrected chi connectivity index (χ4v) is 2.51. The molecule has 0 bridgehead atoms. The number of ether oxygens (including phenoxy) is 2. The maximum absolute atomic E-state index is 12.0. The van der Waals surface area contributed by atoms with Gasteiger partial charge in [0.25, 0.3) is 0 Å². The molecule has 0 aliphatic carbocycles. The van der Waals surface area contributed by atoms with Crippen molar-refractivity contribution in [1.82, 2.24) is 10.0 Å². The van der Waals surface area contributed by atoms with Crippen LogP contribution in [0.25, 0.3) is 0 Å². The number of hydrogen-bond donors (Lipinski definition) is 0. The van der Waals surface area contributed by atoms with E-state index in [1.54, 1.807) is 13.8 Å². The van der Waals surface area contributed by atoms with E-state index >= 15 is 0 Å². The summed E-state index contributed by atoms with van der Waals surface area (Å²) in [5.41, 5.74) is 0. The van der Waals surface area contributed by atoms with E-state index < -0.39 is 20.8 Å². The molecule has 0 unspecified atom stereocenters. The number of alkyl halides is 2. The van der Waals surface area contributed by atoms with Crippen LogP contribution in [0.5, 0.6) is 0 Å². The molecule has 0 aromatic heterocycles. The quantitative estimate of drug-likeness (QED) is 0.650. The second-order valence-electron chi connectivity index (χ2n) is 4.91. The van der Waals surface area contributed by atoms with Crippen molar-refractivity contribution in [3.8, 4) is 0 Å². The number of amides is 2. The summed E-state index contributed by atoms with van der Waals surface area (Å²) in [7, 11) is 0. The number of hydrazine groups is 1. The fraction of sp³-hybridized carbons (Fsp3) is 0.833. The monoisotopic (exact) mass is 414 g/mol. The largest absolute Gasteiger partial charge is 0.448 e. The Labute approximate surface area is 136 Å². The summed E-state index contributed by atoms with van der Waals surface area (Å²) < 4.78 is 9.19. The summed E-state index contributed by atoms with van der Waals surface area (Å²) in [4.78, 5) is 24.1. The van der Waals surface area contributed by atoms with Gasteiger partial charge >= 0.3 is 12.2 Å². The van der Waals surface area contributed by atoms with E-state index in [1.165, 1.54) is 10.0 Å². The Morgan fingerprint density at radius 2 is 1.25 bits per heavy atom. The van der Waals surface area contributed by atoms with Gasteiger partial charge in [0.1, 0.15) is 0 Å². The molecule has 8 heteroatoms. The van der Waals surface area contributed by atoms with E-state index in [0.29, 0.717) is 0 Å². The molecule has 0 saturated carbocycles. The first-order valence-corrected chi connectivity index (χ1v) is 8.01. The molecule has 1 heterocycles. The van der Waals surface area contributed by atoms with Crippen molar-refractivity contribution in [2.24, 2.45) is 0 Å². The number of rotatable bonds is 2. The molecule has 1 fully saturated rings. The van der Waals surface area contributed by atoms with E-state index in [0.717, 1.165) is 0 Å². The first-order valence-electron chi connectivity index (χ1n) is 6.42. The highest BCUT2D eigenvalue weighted by Crippen LogP contribution is 2.43. The minimum atomic E-state index is -0.561. The van der Waals surface area contributed by atoms with Crippen molar-refractivity contribution < 1.29 is 19.1 Å². The van der Waals surface area contributed by atoms with Gasteiger partial charge in [-0.15, -0.1) is 0 Å². The van der Waals surface area contributed by atoms with Crippen molar-refractivity contribution >= 4 is 44.0 Å². The smallest absolute Gasteiger partial charge is 0.428 e. The maximum atomic E-state index is 12.0. The molecule has 0 radical (unpaired) electrons. The summed E-state index contributed by atoms with van der Waals surface area (Å²) in [5.74, 6) is 0. The van der Waals surface area contributed by atoms with E-state index in [2.05, 4.69) is 31.9 Å². The predicted molar refractivity (Wildman–Crippen MR) is 82.1 cm³/mol. The maximum Gasteiger partial charge on any atom is 0.428 e. The summed E-state index contributed by atoms with van der Waals surface area (Å²) in [6, 6.07) is 0. The van der Waals surface area contributed by atoms with Gasteiger partial charge in [-0.1, -0.05) is 31.9 Å². The fourth-order valence-electron chi connectivity index (χ4n) is 1.79. The third kappa shape index (κ3) is 3.58. The van der Waals surface area contributed by atoms with Crippen LogP contribution < -0.4 is 0 Å². The van der Waals surface area contributed by atoms with Crippen LogP contribution >= 0.6 is 31.9 Å². The molecule has 0 aromatic carbocycles. The lowest BCUT2D eigenvalue weighted by atomic mass is 9.93. The minimum Gasteiger partial charge on any atom is -0.448 e. The molecule has 0 aromatic rings. The lowest BCUT2D eigenvalue weighted by Crippen LogP contribution is -2.67. The molecule has 6 nitrogen and oxygen atoms in total. The van der Waals surface area contributed by atoms with Crippen molar-refractivity contribution in [2.75, 3.05) is 26.3 Å². The van der Waals surface area contributed by atoms with Gasteiger partial charge in [-0.25, -0.2) is 19.6 Å². The molecule has 116 valence electrons. The molecule has 1 saturated heterocycles. The number of carbonyl (C=O) groups is 2. The lowest BCUT2D eigenvalue weighted by molar-refractivity contribution is -0.0495. The predicted octanol–water partition coefficient (Wildman–Crippen LogP) is 3.14. The Morgan fingerprint density at radius 3 is 1.50 bits per heavy atom. The van der Waals surface area contributed by atoms with Crippen LogP contribution in [-0.2, 0) is 9.47 Å². The standard InChI is InChI=1S/C12H20Br2N2O4/c1-5-19-9(17)15-7-11(3,13)12(4,14)8-16(15)10(18)20-6-2/h5-8H2,1-4H3/t11-,12-/m0/s1. The van der Waals surface area contributed by atoms with Crippen LogP contribution in [0.2, 0.25) is 0 Å². The summed E-state index contributed by atoms with van der Waals surface area (Å²) >= 11 is 7.23. The Morgan fingerprint density at radius 1 is 0.950 bits per heavy atom. The molecule has 0 N–H and O–H groups in total. The average molecular weight is 416 g/mol. The lowest BCUT2D eigenvalue weighted by Gasteiger charge is -2.50. The molecule has 0 spiro atoms. The zero-order valence-electron chi connectivity index (χ0n) is 12.1. The van der Waals surface area contributed by atoms with Crippen molar-refractivity contribution in [3.05, 3.63) is 0 Å². The van der Waals surface area contributed by atoms with Gasteiger partial charge in [-0.3, -0.25) is 0 Å². The molecule has 1 rings (SSSR count).